The molecule has 29 heavy (non-hydrogen) atoms. The molecule has 148 valence electrons. The van der Waals surface area contributed by atoms with Gasteiger partial charge in [0.05, 0.1) is 10.5 Å². The van der Waals surface area contributed by atoms with Gasteiger partial charge in [-0.3, -0.25) is 19.3 Å². The van der Waals surface area contributed by atoms with Gasteiger partial charge in [0.1, 0.15) is 17.6 Å². The smallest absolute Gasteiger partial charge is 0.294 e. The number of nitrogens with zero attached hydrogens (tertiary/aromatic N) is 2. The van der Waals surface area contributed by atoms with Gasteiger partial charge in [-0.1, -0.05) is 12.5 Å². The average molecular weight is 444 g/mol. The Morgan fingerprint density at radius 2 is 2.10 bits per heavy atom. The first-order valence-electron chi connectivity index (χ1n) is 9.20. The highest BCUT2D eigenvalue weighted by Crippen LogP contribution is 2.37. The molecule has 1 saturated heterocycles. The van der Waals surface area contributed by atoms with Crippen LogP contribution in [0, 0.1) is 11.3 Å². The Hall–Kier alpha value is -2.41. The minimum Gasteiger partial charge on any atom is -0.315 e. The standard InChI is InChI=1S/C20H17N3O3S3/c21-10-14-13-6-2-1-3-7-15(13)28-18(14)22-17(24)11-23-19(25)16(29-20(23)26)9-12-5-4-8-27-12/h4-5,8-9H,1-3,6-7,11H2,(H,22,24)/b16-9-. The highest BCUT2D eigenvalue weighted by atomic mass is 32.2. The molecule has 9 heteroatoms. The van der Waals surface area contributed by atoms with E-state index >= 15 is 0 Å². The molecule has 1 aliphatic heterocycles. The van der Waals surface area contributed by atoms with E-state index < -0.39 is 17.1 Å². The van der Waals surface area contributed by atoms with Gasteiger partial charge in [-0.05, 0) is 60.5 Å². The van der Waals surface area contributed by atoms with Crippen LogP contribution in [0.3, 0.4) is 0 Å². The number of amides is 3. The van der Waals surface area contributed by atoms with Crippen LogP contribution in [0.25, 0.3) is 6.08 Å². The largest absolute Gasteiger partial charge is 0.315 e. The molecule has 0 atom stereocenters. The lowest BCUT2D eigenvalue weighted by molar-refractivity contribution is -0.127. The maximum Gasteiger partial charge on any atom is 0.294 e. The summed E-state index contributed by atoms with van der Waals surface area (Å²) in [6.07, 6.45) is 6.70. The highest BCUT2D eigenvalue weighted by molar-refractivity contribution is 8.18. The van der Waals surface area contributed by atoms with Gasteiger partial charge in [0.2, 0.25) is 5.91 Å². The number of imide groups is 1. The van der Waals surface area contributed by atoms with Gasteiger partial charge >= 0.3 is 0 Å². The van der Waals surface area contributed by atoms with E-state index in [1.54, 1.807) is 6.08 Å². The molecule has 0 spiro atoms. The van der Waals surface area contributed by atoms with Crippen molar-refractivity contribution in [2.24, 2.45) is 0 Å². The number of rotatable bonds is 4. The Morgan fingerprint density at radius 3 is 2.86 bits per heavy atom. The summed E-state index contributed by atoms with van der Waals surface area (Å²) >= 11 is 3.74. The number of nitriles is 1. The molecule has 0 saturated carbocycles. The van der Waals surface area contributed by atoms with Crippen molar-refractivity contribution in [3.05, 3.63) is 43.3 Å². The minimum atomic E-state index is -0.474. The number of carbonyl (C=O) groups excluding carboxylic acids is 3. The second-order valence-electron chi connectivity index (χ2n) is 6.71. The molecule has 0 unspecified atom stereocenters. The first kappa shape index (κ1) is 19.9. The maximum absolute atomic E-state index is 12.5. The monoisotopic (exact) mass is 443 g/mol. The fourth-order valence-electron chi connectivity index (χ4n) is 3.40. The van der Waals surface area contributed by atoms with Crippen molar-refractivity contribution in [3.8, 4) is 6.07 Å². The molecule has 2 aromatic rings. The fourth-order valence-corrected chi connectivity index (χ4v) is 6.21. The number of thiophene rings is 2. The number of anilines is 1. The second kappa shape index (κ2) is 8.53. The third-order valence-corrected chi connectivity index (χ3v) is 7.71. The summed E-state index contributed by atoms with van der Waals surface area (Å²) in [6.45, 7) is -0.361. The zero-order chi connectivity index (χ0) is 20.4. The van der Waals surface area contributed by atoms with E-state index in [1.807, 2.05) is 17.5 Å². The molecular weight excluding hydrogens is 426 g/mol. The lowest BCUT2D eigenvalue weighted by Gasteiger charge is -2.12. The average Bonchev–Trinajstić information content (AvgIpc) is 3.33. The third-order valence-electron chi connectivity index (χ3n) is 4.78. The number of hydrogen-bond donors (Lipinski definition) is 1. The molecule has 1 fully saturated rings. The van der Waals surface area contributed by atoms with Crippen molar-refractivity contribution in [1.29, 1.82) is 5.26 Å². The highest BCUT2D eigenvalue weighted by Gasteiger charge is 2.36. The van der Waals surface area contributed by atoms with Crippen molar-refractivity contribution >= 4 is 62.6 Å². The summed E-state index contributed by atoms with van der Waals surface area (Å²) in [7, 11) is 0. The fraction of sp³-hybridized carbons (Fsp3) is 0.300. The summed E-state index contributed by atoms with van der Waals surface area (Å²) in [5, 5.41) is 14.3. The Bertz CT molecular complexity index is 1050. The number of aryl methyl sites for hydroxylation is 1. The van der Waals surface area contributed by atoms with E-state index in [0.29, 0.717) is 15.5 Å². The molecule has 4 rings (SSSR count). The normalized spacial score (nSPS) is 17.9. The molecule has 1 aliphatic carbocycles. The number of carbonyl (C=O) groups is 3. The quantitative estimate of drug-likeness (QED) is 0.550. The molecule has 0 bridgehead atoms. The van der Waals surface area contributed by atoms with Crippen molar-refractivity contribution in [2.75, 3.05) is 11.9 Å². The molecule has 0 aromatic carbocycles. The van der Waals surface area contributed by atoms with Crippen LogP contribution in [-0.4, -0.2) is 28.5 Å². The van der Waals surface area contributed by atoms with Crippen molar-refractivity contribution in [2.45, 2.75) is 32.1 Å². The first-order valence-corrected chi connectivity index (χ1v) is 11.7. The number of hydrogen-bond acceptors (Lipinski definition) is 7. The van der Waals surface area contributed by atoms with Gasteiger partial charge in [-0.15, -0.1) is 22.7 Å². The van der Waals surface area contributed by atoms with Crippen LogP contribution in [-0.2, 0) is 22.4 Å². The van der Waals surface area contributed by atoms with Gasteiger partial charge in [0, 0.05) is 9.75 Å². The molecule has 0 radical (unpaired) electrons. The SMILES string of the molecule is N#Cc1c(NC(=O)CN2C(=O)S/C(=C\c3cccs3)C2=O)sc2c1CCCCC2. The zero-order valence-corrected chi connectivity index (χ0v) is 17.8. The van der Waals surface area contributed by atoms with Gasteiger partial charge in [-0.25, -0.2) is 0 Å². The van der Waals surface area contributed by atoms with Crippen molar-refractivity contribution in [3.63, 3.8) is 0 Å². The summed E-state index contributed by atoms with van der Waals surface area (Å²) in [5.41, 5.74) is 1.56. The predicted octanol–water partition coefficient (Wildman–Crippen LogP) is 4.63. The van der Waals surface area contributed by atoms with Crippen molar-refractivity contribution < 1.29 is 14.4 Å². The summed E-state index contributed by atoms with van der Waals surface area (Å²) in [6, 6.07) is 5.94. The van der Waals surface area contributed by atoms with Crippen LogP contribution >= 0.6 is 34.4 Å². The van der Waals surface area contributed by atoms with E-state index in [0.717, 1.165) is 64.1 Å². The van der Waals surface area contributed by atoms with E-state index in [9.17, 15) is 19.6 Å². The molecule has 2 aromatic heterocycles. The zero-order valence-electron chi connectivity index (χ0n) is 15.4. The van der Waals surface area contributed by atoms with Gasteiger partial charge < -0.3 is 5.32 Å². The molecule has 3 amide bonds. The van der Waals surface area contributed by atoms with Crippen LogP contribution in [0.5, 0.6) is 0 Å². The van der Waals surface area contributed by atoms with Crippen molar-refractivity contribution in [1.82, 2.24) is 4.90 Å². The van der Waals surface area contributed by atoms with Gasteiger partial charge in [0.15, 0.2) is 0 Å². The lowest BCUT2D eigenvalue weighted by Crippen LogP contribution is -2.36. The van der Waals surface area contributed by atoms with Crippen LogP contribution in [0.15, 0.2) is 22.4 Å². The number of thioether (sulfide) groups is 1. The van der Waals surface area contributed by atoms with Crippen LogP contribution in [0.4, 0.5) is 9.80 Å². The lowest BCUT2D eigenvalue weighted by atomic mass is 10.1. The molecule has 3 heterocycles. The summed E-state index contributed by atoms with van der Waals surface area (Å²) in [4.78, 5) is 40.6. The third kappa shape index (κ3) is 4.15. The van der Waals surface area contributed by atoms with E-state index in [4.69, 9.17) is 0 Å². The van der Waals surface area contributed by atoms with E-state index in [-0.39, 0.29) is 6.54 Å². The van der Waals surface area contributed by atoms with Gasteiger partial charge in [-0.2, -0.15) is 5.26 Å². The number of fused-ring (bicyclic) bond motifs is 1. The Balaban J connectivity index is 1.47. The molecule has 6 nitrogen and oxygen atoms in total. The van der Waals surface area contributed by atoms with Crippen LogP contribution < -0.4 is 5.32 Å². The van der Waals surface area contributed by atoms with E-state index in [1.165, 1.54) is 22.7 Å². The molecule has 1 N–H and O–H groups in total. The summed E-state index contributed by atoms with van der Waals surface area (Å²) < 4.78 is 0. The van der Waals surface area contributed by atoms with Crippen LogP contribution in [0.2, 0.25) is 0 Å². The molecule has 2 aliphatic rings. The Labute approximate surface area is 180 Å². The second-order valence-corrected chi connectivity index (χ2v) is 9.79. The van der Waals surface area contributed by atoms with E-state index in [2.05, 4.69) is 11.4 Å². The number of nitrogens with one attached hydrogen (secondary N) is 1. The Morgan fingerprint density at radius 1 is 1.28 bits per heavy atom. The topological polar surface area (TPSA) is 90.3 Å². The first-order chi connectivity index (χ1) is 14.1. The molecular formula is C20H17N3O3S3. The summed E-state index contributed by atoms with van der Waals surface area (Å²) in [5.74, 6) is -0.941. The maximum atomic E-state index is 12.5. The van der Waals surface area contributed by atoms with Crippen LogP contribution in [0.1, 0.15) is 40.1 Å². The Kier molecular flexibility index (Phi) is 5.85. The predicted molar refractivity (Wildman–Crippen MR) is 116 cm³/mol. The minimum absolute atomic E-state index is 0.311. The van der Waals surface area contributed by atoms with Gasteiger partial charge in [0.25, 0.3) is 11.1 Å².